The minimum atomic E-state index is -0.395. The molecule has 0 unspecified atom stereocenters. The molecule has 0 bridgehead atoms. The molecule has 0 fully saturated rings. The molecule has 2 aromatic carbocycles. The zero-order valence-electron chi connectivity index (χ0n) is 15.2. The molecule has 0 atom stereocenters. The fourth-order valence-corrected chi connectivity index (χ4v) is 5.30. The van der Waals surface area contributed by atoms with Crippen LogP contribution in [0.2, 0.25) is 0 Å². The summed E-state index contributed by atoms with van der Waals surface area (Å²) in [7, 11) is 3.11. The lowest BCUT2D eigenvalue weighted by molar-refractivity contribution is 0.262. The van der Waals surface area contributed by atoms with Gasteiger partial charge in [-0.25, -0.2) is 14.8 Å². The maximum atomic E-state index is 12.4. The number of hydrogen-bond donors (Lipinski definition) is 2. The van der Waals surface area contributed by atoms with Crippen LogP contribution in [0.4, 0.5) is 15.6 Å². The number of thiazole rings is 2. The van der Waals surface area contributed by atoms with E-state index in [0.717, 1.165) is 24.8 Å². The third-order valence-electron chi connectivity index (χ3n) is 3.94. The summed E-state index contributed by atoms with van der Waals surface area (Å²) in [6.45, 7) is 0. The highest BCUT2D eigenvalue weighted by Gasteiger charge is 2.14. The standard InChI is InChI=1S/C18H16N4O3S3/c1-24-9-4-5-10(13(8-9)25-2)19-16(23)22-17-20-11-6-7-12-15(14(11)27-17)28-18(21-12)26-3/h4-8H,1-3H3,(H2,19,20,22,23). The highest BCUT2D eigenvalue weighted by Crippen LogP contribution is 2.38. The molecule has 0 aliphatic carbocycles. The molecule has 7 nitrogen and oxygen atoms in total. The number of amides is 2. The Morgan fingerprint density at radius 2 is 1.75 bits per heavy atom. The van der Waals surface area contributed by atoms with Crippen LogP contribution in [0.15, 0.2) is 34.7 Å². The summed E-state index contributed by atoms with van der Waals surface area (Å²) >= 11 is 4.69. The van der Waals surface area contributed by atoms with Crippen molar-refractivity contribution < 1.29 is 14.3 Å². The molecule has 0 aliphatic rings. The third-order valence-corrected chi connectivity index (χ3v) is 7.15. The van der Waals surface area contributed by atoms with E-state index in [1.807, 2.05) is 18.4 Å². The van der Waals surface area contributed by atoms with E-state index in [4.69, 9.17) is 9.47 Å². The second-order valence-corrected chi connectivity index (χ2v) is 8.66. The number of carbonyl (C=O) groups is 1. The van der Waals surface area contributed by atoms with Crippen LogP contribution in [0.3, 0.4) is 0 Å². The van der Waals surface area contributed by atoms with Crippen molar-refractivity contribution in [3.63, 3.8) is 0 Å². The largest absolute Gasteiger partial charge is 0.497 e. The number of anilines is 2. The summed E-state index contributed by atoms with van der Waals surface area (Å²) in [5.41, 5.74) is 2.33. The number of benzene rings is 2. The molecule has 0 saturated heterocycles. The van der Waals surface area contributed by atoms with E-state index in [1.54, 1.807) is 48.4 Å². The Morgan fingerprint density at radius 3 is 2.46 bits per heavy atom. The SMILES string of the molecule is COc1ccc(NC(=O)Nc2nc3ccc4nc(SC)sc4c3s2)c(OC)c1. The van der Waals surface area contributed by atoms with Crippen LogP contribution in [0.1, 0.15) is 0 Å². The molecule has 144 valence electrons. The molecule has 2 aromatic heterocycles. The van der Waals surface area contributed by atoms with Crippen LogP contribution in [-0.2, 0) is 0 Å². The van der Waals surface area contributed by atoms with Crippen molar-refractivity contribution in [2.75, 3.05) is 31.1 Å². The van der Waals surface area contributed by atoms with Gasteiger partial charge in [0.05, 0.1) is 40.3 Å². The topological polar surface area (TPSA) is 85.4 Å². The maximum absolute atomic E-state index is 12.4. The van der Waals surface area contributed by atoms with Gasteiger partial charge in [0.25, 0.3) is 0 Å². The van der Waals surface area contributed by atoms with E-state index in [9.17, 15) is 4.79 Å². The zero-order chi connectivity index (χ0) is 19.7. The minimum absolute atomic E-state index is 0.395. The molecule has 0 radical (unpaired) electrons. The predicted octanol–water partition coefficient (Wildman–Crippen LogP) is 5.29. The number of hydrogen-bond acceptors (Lipinski definition) is 8. The van der Waals surface area contributed by atoms with E-state index in [-0.39, 0.29) is 0 Å². The van der Waals surface area contributed by atoms with Crippen molar-refractivity contribution >= 4 is 71.7 Å². The van der Waals surface area contributed by atoms with Crippen molar-refractivity contribution in [3.05, 3.63) is 30.3 Å². The molecule has 2 amide bonds. The van der Waals surface area contributed by atoms with E-state index in [2.05, 4.69) is 20.6 Å². The average Bonchev–Trinajstić information content (AvgIpc) is 3.30. The first kappa shape index (κ1) is 18.8. The van der Waals surface area contributed by atoms with E-state index >= 15 is 0 Å². The first-order valence-corrected chi connectivity index (χ1v) is 11.0. The van der Waals surface area contributed by atoms with Crippen molar-refractivity contribution in [2.45, 2.75) is 4.34 Å². The molecular weight excluding hydrogens is 416 g/mol. The smallest absolute Gasteiger partial charge is 0.325 e. The summed E-state index contributed by atoms with van der Waals surface area (Å²) in [4.78, 5) is 21.5. The Morgan fingerprint density at radius 1 is 1.00 bits per heavy atom. The Kier molecular flexibility index (Phi) is 5.25. The number of carbonyl (C=O) groups excluding carboxylic acids is 1. The summed E-state index contributed by atoms with van der Waals surface area (Å²) in [6, 6.07) is 8.66. The Bertz CT molecular complexity index is 1170. The van der Waals surface area contributed by atoms with Crippen molar-refractivity contribution in [1.82, 2.24) is 9.97 Å². The maximum Gasteiger partial charge on any atom is 0.325 e. The first-order chi connectivity index (χ1) is 13.6. The second-order valence-electron chi connectivity index (χ2n) is 5.61. The fraction of sp³-hybridized carbons (Fsp3) is 0.167. The lowest BCUT2D eigenvalue weighted by Crippen LogP contribution is -2.19. The molecular formula is C18H16N4O3S3. The molecule has 2 heterocycles. The Balaban J connectivity index is 1.57. The van der Waals surface area contributed by atoms with Gasteiger partial charge >= 0.3 is 6.03 Å². The average molecular weight is 433 g/mol. The number of nitrogens with zero attached hydrogens (tertiary/aromatic N) is 2. The van der Waals surface area contributed by atoms with E-state index in [1.165, 1.54) is 18.4 Å². The highest BCUT2D eigenvalue weighted by atomic mass is 32.2. The van der Waals surface area contributed by atoms with Crippen LogP contribution in [0.25, 0.3) is 20.4 Å². The molecule has 4 rings (SSSR count). The van der Waals surface area contributed by atoms with Gasteiger partial charge in [0.1, 0.15) is 11.5 Å². The number of fused-ring (bicyclic) bond motifs is 3. The van der Waals surface area contributed by atoms with Gasteiger partial charge in [-0.05, 0) is 30.5 Å². The molecule has 0 spiro atoms. The summed E-state index contributed by atoms with van der Waals surface area (Å²) in [5, 5.41) is 6.09. The van der Waals surface area contributed by atoms with Crippen LogP contribution in [-0.4, -0.2) is 36.5 Å². The number of thioether (sulfide) groups is 1. The van der Waals surface area contributed by atoms with Gasteiger partial charge in [-0.3, -0.25) is 5.32 Å². The Labute approximate surface area is 173 Å². The van der Waals surface area contributed by atoms with Gasteiger partial charge in [0.15, 0.2) is 9.47 Å². The zero-order valence-corrected chi connectivity index (χ0v) is 17.7. The lowest BCUT2D eigenvalue weighted by atomic mass is 10.2. The quantitative estimate of drug-likeness (QED) is 0.417. The van der Waals surface area contributed by atoms with Crippen LogP contribution < -0.4 is 20.1 Å². The number of urea groups is 1. The van der Waals surface area contributed by atoms with Crippen LogP contribution in [0.5, 0.6) is 11.5 Å². The molecule has 0 saturated carbocycles. The van der Waals surface area contributed by atoms with E-state index in [0.29, 0.717) is 22.3 Å². The Hall–Kier alpha value is -2.56. The van der Waals surface area contributed by atoms with Crippen LogP contribution >= 0.6 is 34.4 Å². The summed E-state index contributed by atoms with van der Waals surface area (Å²) in [5.74, 6) is 1.15. The van der Waals surface area contributed by atoms with Gasteiger partial charge in [0.2, 0.25) is 0 Å². The van der Waals surface area contributed by atoms with Gasteiger partial charge in [-0.2, -0.15) is 0 Å². The van der Waals surface area contributed by atoms with Crippen LogP contribution in [0, 0.1) is 0 Å². The number of ether oxygens (including phenoxy) is 2. The van der Waals surface area contributed by atoms with Crippen molar-refractivity contribution in [1.29, 1.82) is 0 Å². The van der Waals surface area contributed by atoms with Gasteiger partial charge < -0.3 is 14.8 Å². The van der Waals surface area contributed by atoms with Gasteiger partial charge in [0, 0.05) is 6.07 Å². The third kappa shape index (κ3) is 3.58. The summed E-state index contributed by atoms with van der Waals surface area (Å²) in [6.07, 6.45) is 2.01. The number of methoxy groups -OCH3 is 2. The van der Waals surface area contributed by atoms with Crippen molar-refractivity contribution in [3.8, 4) is 11.5 Å². The first-order valence-electron chi connectivity index (χ1n) is 8.15. The molecule has 10 heteroatoms. The van der Waals surface area contributed by atoms with E-state index < -0.39 is 6.03 Å². The minimum Gasteiger partial charge on any atom is -0.497 e. The predicted molar refractivity (Wildman–Crippen MR) is 117 cm³/mol. The number of nitrogens with one attached hydrogen (secondary N) is 2. The molecule has 2 N–H and O–H groups in total. The normalized spacial score (nSPS) is 11.0. The molecule has 28 heavy (non-hydrogen) atoms. The lowest BCUT2D eigenvalue weighted by Gasteiger charge is -2.11. The summed E-state index contributed by atoms with van der Waals surface area (Å²) < 4.78 is 13.6. The highest BCUT2D eigenvalue weighted by molar-refractivity contribution is 8.00. The molecule has 0 aliphatic heterocycles. The monoisotopic (exact) mass is 432 g/mol. The fourth-order valence-electron chi connectivity index (χ4n) is 2.65. The van der Waals surface area contributed by atoms with Gasteiger partial charge in [-0.1, -0.05) is 23.1 Å². The number of aromatic nitrogens is 2. The van der Waals surface area contributed by atoms with Gasteiger partial charge in [-0.15, -0.1) is 11.3 Å². The second kappa shape index (κ2) is 7.82. The number of rotatable bonds is 5. The van der Waals surface area contributed by atoms with Crippen molar-refractivity contribution in [2.24, 2.45) is 0 Å². The molecule has 4 aromatic rings.